The number of carbonyl (C=O) groups is 2. The Balaban J connectivity index is 0.000000191. The highest BCUT2D eigenvalue weighted by molar-refractivity contribution is 5.79. The lowest BCUT2D eigenvalue weighted by molar-refractivity contribution is -0.129. The molecule has 0 unspecified atom stereocenters. The second kappa shape index (κ2) is 12.5. The van der Waals surface area contributed by atoms with Crippen LogP contribution in [0.2, 0.25) is 0 Å². The van der Waals surface area contributed by atoms with E-state index in [2.05, 4.69) is 58.0 Å². The van der Waals surface area contributed by atoms with Crippen LogP contribution in [0.3, 0.4) is 0 Å². The van der Waals surface area contributed by atoms with E-state index in [4.69, 9.17) is 0 Å². The van der Waals surface area contributed by atoms with Crippen LogP contribution in [0.4, 0.5) is 0 Å². The summed E-state index contributed by atoms with van der Waals surface area (Å²) in [6.45, 7) is 11.9. The molecule has 2 aliphatic heterocycles. The average molecular weight is 461 g/mol. The fourth-order valence-corrected chi connectivity index (χ4v) is 4.98. The molecule has 0 bridgehead atoms. The van der Waals surface area contributed by atoms with Crippen LogP contribution in [-0.4, -0.2) is 34.7 Å². The van der Waals surface area contributed by atoms with Crippen molar-refractivity contribution in [2.24, 2.45) is 17.8 Å². The summed E-state index contributed by atoms with van der Waals surface area (Å²) < 4.78 is 0. The Morgan fingerprint density at radius 2 is 1.32 bits per heavy atom. The molecule has 2 saturated heterocycles. The molecule has 4 nitrogen and oxygen atoms in total. The van der Waals surface area contributed by atoms with Crippen molar-refractivity contribution in [1.29, 1.82) is 0 Å². The Morgan fingerprint density at radius 1 is 0.824 bits per heavy atom. The van der Waals surface area contributed by atoms with E-state index in [0.717, 1.165) is 39.0 Å². The first kappa shape index (κ1) is 25.7. The summed E-state index contributed by atoms with van der Waals surface area (Å²) in [7, 11) is 0. The number of carbonyl (C=O) groups excluding carboxylic acids is 2. The molecule has 2 heterocycles. The van der Waals surface area contributed by atoms with Gasteiger partial charge in [-0.3, -0.25) is 9.59 Å². The van der Waals surface area contributed by atoms with Crippen molar-refractivity contribution >= 4 is 11.8 Å². The summed E-state index contributed by atoms with van der Waals surface area (Å²) >= 11 is 0. The van der Waals surface area contributed by atoms with Gasteiger partial charge in [0.2, 0.25) is 11.8 Å². The SMILES string of the molecule is CC(C)=C[C@H]1CC(=O)N(Cc2ccccc2)C1.CC(C)C[C@H]1CC(=O)N(Cc2ccccc2)C1. The van der Waals surface area contributed by atoms with Crippen LogP contribution in [0.15, 0.2) is 72.3 Å². The third-order valence-corrected chi connectivity index (χ3v) is 6.35. The van der Waals surface area contributed by atoms with E-state index >= 15 is 0 Å². The Labute approximate surface area is 205 Å². The average Bonchev–Trinajstić information content (AvgIpc) is 3.29. The maximum absolute atomic E-state index is 11.9. The van der Waals surface area contributed by atoms with Gasteiger partial charge < -0.3 is 9.80 Å². The smallest absolute Gasteiger partial charge is 0.223 e. The van der Waals surface area contributed by atoms with Crippen molar-refractivity contribution in [2.45, 2.75) is 60.0 Å². The van der Waals surface area contributed by atoms with Gasteiger partial charge in [-0.2, -0.15) is 0 Å². The third kappa shape index (κ3) is 8.16. The Hall–Kier alpha value is -2.88. The van der Waals surface area contributed by atoms with Crippen LogP contribution >= 0.6 is 0 Å². The highest BCUT2D eigenvalue weighted by Crippen LogP contribution is 2.25. The van der Waals surface area contributed by atoms with Crippen molar-refractivity contribution in [1.82, 2.24) is 9.80 Å². The molecule has 0 aliphatic carbocycles. The highest BCUT2D eigenvalue weighted by Gasteiger charge is 2.29. The molecule has 2 amide bonds. The van der Waals surface area contributed by atoms with Crippen LogP contribution in [0.25, 0.3) is 0 Å². The fraction of sp³-hybridized carbons (Fsp3) is 0.467. The van der Waals surface area contributed by atoms with Crippen LogP contribution < -0.4 is 0 Å². The number of hydrogen-bond acceptors (Lipinski definition) is 2. The third-order valence-electron chi connectivity index (χ3n) is 6.35. The van der Waals surface area contributed by atoms with E-state index in [9.17, 15) is 9.59 Å². The van der Waals surface area contributed by atoms with E-state index in [1.807, 2.05) is 46.2 Å². The highest BCUT2D eigenvalue weighted by atomic mass is 16.2. The quantitative estimate of drug-likeness (QED) is 0.470. The summed E-state index contributed by atoms with van der Waals surface area (Å²) in [5.41, 5.74) is 3.73. The van der Waals surface area contributed by atoms with Crippen LogP contribution in [0.5, 0.6) is 0 Å². The van der Waals surface area contributed by atoms with Gasteiger partial charge in [-0.15, -0.1) is 0 Å². The second-order valence-corrected chi connectivity index (χ2v) is 10.4. The van der Waals surface area contributed by atoms with Gasteiger partial charge in [-0.1, -0.05) is 86.2 Å². The summed E-state index contributed by atoms with van der Waals surface area (Å²) in [6, 6.07) is 20.4. The predicted molar refractivity (Wildman–Crippen MR) is 139 cm³/mol. The van der Waals surface area contributed by atoms with Crippen molar-refractivity contribution in [3.05, 3.63) is 83.4 Å². The van der Waals surface area contributed by atoms with Crippen molar-refractivity contribution in [3.8, 4) is 0 Å². The van der Waals surface area contributed by atoms with Gasteiger partial charge in [-0.05, 0) is 43.2 Å². The number of hydrogen-bond donors (Lipinski definition) is 0. The zero-order valence-electron chi connectivity index (χ0n) is 21.2. The number of amides is 2. The maximum atomic E-state index is 11.9. The van der Waals surface area contributed by atoms with E-state index in [-0.39, 0.29) is 5.91 Å². The predicted octanol–water partition coefficient (Wildman–Crippen LogP) is 6.08. The first-order chi connectivity index (χ1) is 16.3. The van der Waals surface area contributed by atoms with Gasteiger partial charge in [0.05, 0.1) is 0 Å². The molecule has 182 valence electrons. The van der Waals surface area contributed by atoms with Gasteiger partial charge in [-0.25, -0.2) is 0 Å². The molecule has 0 aromatic heterocycles. The molecule has 0 spiro atoms. The molecule has 2 aromatic rings. The Kier molecular flexibility index (Phi) is 9.50. The van der Waals surface area contributed by atoms with Gasteiger partial charge in [0.25, 0.3) is 0 Å². The van der Waals surface area contributed by atoms with Crippen LogP contribution in [-0.2, 0) is 22.7 Å². The first-order valence-electron chi connectivity index (χ1n) is 12.6. The number of allylic oxidation sites excluding steroid dienone is 1. The summed E-state index contributed by atoms with van der Waals surface area (Å²) in [6.07, 6.45) is 4.78. The molecule has 2 aliphatic rings. The topological polar surface area (TPSA) is 40.6 Å². The lowest BCUT2D eigenvalue weighted by atomic mass is 9.96. The number of nitrogens with zero attached hydrogens (tertiary/aromatic N) is 2. The van der Waals surface area contributed by atoms with Crippen LogP contribution in [0.1, 0.15) is 58.1 Å². The Morgan fingerprint density at radius 3 is 1.82 bits per heavy atom. The molecule has 0 radical (unpaired) electrons. The lowest BCUT2D eigenvalue weighted by Crippen LogP contribution is -2.24. The molecule has 34 heavy (non-hydrogen) atoms. The fourth-order valence-electron chi connectivity index (χ4n) is 4.98. The molecule has 2 fully saturated rings. The second-order valence-electron chi connectivity index (χ2n) is 10.4. The number of likely N-dealkylation sites (tertiary alicyclic amines) is 2. The summed E-state index contributed by atoms with van der Waals surface area (Å²) in [5, 5.41) is 0. The van der Waals surface area contributed by atoms with Crippen LogP contribution in [0, 0.1) is 17.8 Å². The van der Waals surface area contributed by atoms with E-state index in [1.165, 1.54) is 16.7 Å². The van der Waals surface area contributed by atoms with Gasteiger partial charge >= 0.3 is 0 Å². The van der Waals surface area contributed by atoms with Gasteiger partial charge in [0.1, 0.15) is 0 Å². The standard InChI is InChI=1S/C15H21NO.C15H19NO/c2*1-12(2)8-14-9-15(17)16(11-14)10-13-6-4-3-5-7-13/h3-7,12,14H,8-11H2,1-2H3;3-8,14H,9-11H2,1-2H3/t2*14-/m00/s1. The molecular formula is C30H40N2O2. The van der Waals surface area contributed by atoms with Crippen molar-refractivity contribution < 1.29 is 9.59 Å². The Bertz CT molecular complexity index is 948. The normalized spacial score (nSPS) is 19.9. The lowest BCUT2D eigenvalue weighted by Gasteiger charge is -2.17. The minimum atomic E-state index is 0.274. The molecule has 4 rings (SSSR count). The molecule has 4 heteroatoms. The van der Waals surface area contributed by atoms with E-state index in [0.29, 0.717) is 30.1 Å². The minimum absolute atomic E-state index is 0.274. The van der Waals surface area contributed by atoms with Gasteiger partial charge in [0, 0.05) is 44.9 Å². The zero-order chi connectivity index (χ0) is 24.5. The number of benzene rings is 2. The van der Waals surface area contributed by atoms with Gasteiger partial charge in [0.15, 0.2) is 0 Å². The maximum Gasteiger partial charge on any atom is 0.223 e. The molecule has 2 aromatic carbocycles. The van der Waals surface area contributed by atoms with Crippen molar-refractivity contribution in [2.75, 3.05) is 13.1 Å². The van der Waals surface area contributed by atoms with E-state index < -0.39 is 0 Å². The summed E-state index contributed by atoms with van der Waals surface area (Å²) in [4.78, 5) is 27.7. The minimum Gasteiger partial charge on any atom is -0.338 e. The molecular weight excluding hydrogens is 420 g/mol. The largest absolute Gasteiger partial charge is 0.338 e. The number of rotatable bonds is 7. The molecule has 0 N–H and O–H groups in total. The summed E-state index contributed by atoms with van der Waals surface area (Å²) in [5.74, 6) is 2.24. The molecule has 2 atom stereocenters. The van der Waals surface area contributed by atoms with E-state index in [1.54, 1.807) is 0 Å². The monoisotopic (exact) mass is 460 g/mol. The first-order valence-corrected chi connectivity index (χ1v) is 12.6. The molecule has 0 saturated carbocycles. The zero-order valence-corrected chi connectivity index (χ0v) is 21.2. The van der Waals surface area contributed by atoms with Crippen molar-refractivity contribution in [3.63, 3.8) is 0 Å².